The minimum atomic E-state index is 0.0152. The summed E-state index contributed by atoms with van der Waals surface area (Å²) in [4.78, 5) is 21.3. The quantitative estimate of drug-likeness (QED) is 0.679. The fourth-order valence-corrected chi connectivity index (χ4v) is 4.91. The molecule has 0 saturated heterocycles. The largest absolute Gasteiger partial charge is 0.354 e. The number of nitrogens with zero attached hydrogens (tertiary/aromatic N) is 2. The second-order valence-electron chi connectivity index (χ2n) is 5.60. The number of rotatable bonds is 7. The van der Waals surface area contributed by atoms with Crippen LogP contribution in [0.4, 0.5) is 0 Å². The highest BCUT2D eigenvalue weighted by atomic mass is 32.1. The Morgan fingerprint density at radius 2 is 2.00 bits per heavy atom. The first-order valence-electron chi connectivity index (χ1n) is 7.58. The van der Waals surface area contributed by atoms with Crippen LogP contribution in [-0.4, -0.2) is 36.4 Å². The zero-order valence-corrected chi connectivity index (χ0v) is 16.0. The summed E-state index contributed by atoms with van der Waals surface area (Å²) in [6, 6.07) is 8.41. The van der Waals surface area contributed by atoms with Gasteiger partial charge in [0.25, 0.3) is 0 Å². The van der Waals surface area contributed by atoms with Gasteiger partial charge < -0.3 is 10.2 Å². The van der Waals surface area contributed by atoms with E-state index in [1.54, 1.807) is 34.0 Å². The van der Waals surface area contributed by atoms with E-state index in [1.807, 2.05) is 37.0 Å². The van der Waals surface area contributed by atoms with Crippen LogP contribution in [0, 0.1) is 0 Å². The van der Waals surface area contributed by atoms with E-state index in [2.05, 4.69) is 32.7 Å². The molecule has 3 aromatic rings. The minimum Gasteiger partial charge on any atom is -0.354 e. The van der Waals surface area contributed by atoms with Crippen molar-refractivity contribution in [1.29, 1.82) is 0 Å². The number of thiophene rings is 2. The summed E-state index contributed by atoms with van der Waals surface area (Å²) in [5, 5.41) is 10.1. The van der Waals surface area contributed by atoms with Gasteiger partial charge in [-0.3, -0.25) is 4.79 Å². The van der Waals surface area contributed by atoms with E-state index < -0.39 is 0 Å². The van der Waals surface area contributed by atoms with Crippen molar-refractivity contribution in [2.24, 2.45) is 0 Å². The van der Waals surface area contributed by atoms with Crippen molar-refractivity contribution in [3.8, 4) is 9.88 Å². The average molecular weight is 378 g/mol. The summed E-state index contributed by atoms with van der Waals surface area (Å²) in [5.74, 6) is 0.0152. The van der Waals surface area contributed by atoms with Crippen LogP contribution < -0.4 is 5.32 Å². The molecule has 0 radical (unpaired) electrons. The lowest BCUT2D eigenvalue weighted by atomic mass is 10.2. The van der Waals surface area contributed by atoms with Crippen molar-refractivity contribution >= 4 is 39.9 Å². The molecule has 3 aromatic heterocycles. The molecule has 3 rings (SSSR count). The third-order valence-electron chi connectivity index (χ3n) is 3.61. The summed E-state index contributed by atoms with van der Waals surface area (Å²) >= 11 is 4.97. The van der Waals surface area contributed by atoms with Gasteiger partial charge in [-0.25, -0.2) is 4.98 Å². The van der Waals surface area contributed by atoms with E-state index in [-0.39, 0.29) is 11.9 Å². The van der Waals surface area contributed by atoms with Crippen LogP contribution in [-0.2, 0) is 11.2 Å². The highest BCUT2D eigenvalue weighted by Crippen LogP contribution is 2.28. The summed E-state index contributed by atoms with van der Waals surface area (Å²) in [6.07, 6.45) is 0.326. The average Bonchev–Trinajstić information content (AvgIpc) is 3.29. The van der Waals surface area contributed by atoms with Gasteiger partial charge in [0.2, 0.25) is 5.91 Å². The fraction of sp³-hybridized carbons (Fsp3) is 0.294. The van der Waals surface area contributed by atoms with Crippen LogP contribution in [0.5, 0.6) is 0 Å². The first kappa shape index (κ1) is 17.3. The van der Waals surface area contributed by atoms with E-state index in [9.17, 15) is 4.79 Å². The van der Waals surface area contributed by atoms with Crippen molar-refractivity contribution in [2.45, 2.75) is 12.5 Å². The summed E-state index contributed by atoms with van der Waals surface area (Å²) in [5.41, 5.74) is 0.832. The first-order chi connectivity index (χ1) is 11.6. The number of aromatic nitrogens is 1. The van der Waals surface area contributed by atoms with Crippen molar-refractivity contribution in [3.05, 3.63) is 51.0 Å². The molecule has 0 aliphatic rings. The molecule has 0 bridgehead atoms. The molecule has 24 heavy (non-hydrogen) atoms. The smallest absolute Gasteiger partial charge is 0.226 e. The molecular formula is C17H19N3OS3. The van der Waals surface area contributed by atoms with Crippen LogP contribution in [0.1, 0.15) is 16.6 Å². The molecule has 0 aromatic carbocycles. The molecular weight excluding hydrogens is 358 g/mol. The number of thiazole rings is 1. The zero-order valence-electron chi connectivity index (χ0n) is 13.6. The van der Waals surface area contributed by atoms with Crippen LogP contribution >= 0.6 is 34.0 Å². The van der Waals surface area contributed by atoms with E-state index in [4.69, 9.17) is 0 Å². The molecule has 0 aliphatic carbocycles. The van der Waals surface area contributed by atoms with Crippen molar-refractivity contribution in [3.63, 3.8) is 0 Å². The van der Waals surface area contributed by atoms with Gasteiger partial charge >= 0.3 is 0 Å². The van der Waals surface area contributed by atoms with Gasteiger partial charge in [0.05, 0.1) is 23.0 Å². The lowest BCUT2D eigenvalue weighted by Crippen LogP contribution is -2.34. The summed E-state index contributed by atoms with van der Waals surface area (Å²) in [7, 11) is 4.06. The minimum absolute atomic E-state index is 0.0152. The molecule has 0 aliphatic heterocycles. The molecule has 7 heteroatoms. The Bertz CT molecular complexity index is 763. The van der Waals surface area contributed by atoms with Gasteiger partial charge in [0.15, 0.2) is 0 Å². The first-order valence-corrected chi connectivity index (χ1v) is 10.2. The molecule has 0 fully saturated rings. The Kier molecular flexibility index (Phi) is 5.78. The second kappa shape index (κ2) is 8.02. The third-order valence-corrected chi connectivity index (χ3v) is 6.52. The molecule has 1 amide bonds. The number of amides is 1. The lowest BCUT2D eigenvalue weighted by Gasteiger charge is -2.23. The van der Waals surface area contributed by atoms with Crippen molar-refractivity contribution in [2.75, 3.05) is 20.6 Å². The molecule has 1 atom stereocenters. The van der Waals surface area contributed by atoms with E-state index >= 15 is 0 Å². The normalized spacial score (nSPS) is 12.5. The molecule has 1 unspecified atom stereocenters. The predicted molar refractivity (Wildman–Crippen MR) is 103 cm³/mol. The second-order valence-corrected chi connectivity index (χ2v) is 8.38. The Hall–Kier alpha value is -1.54. The molecule has 4 nitrogen and oxygen atoms in total. The van der Waals surface area contributed by atoms with Gasteiger partial charge in [0.1, 0.15) is 5.01 Å². The highest BCUT2D eigenvalue weighted by Gasteiger charge is 2.17. The van der Waals surface area contributed by atoms with Gasteiger partial charge in [-0.2, -0.15) is 0 Å². The van der Waals surface area contributed by atoms with Crippen LogP contribution in [0.2, 0.25) is 0 Å². The number of hydrogen-bond acceptors (Lipinski definition) is 6. The molecule has 0 spiro atoms. The van der Waals surface area contributed by atoms with Crippen molar-refractivity contribution in [1.82, 2.24) is 15.2 Å². The maximum atomic E-state index is 12.2. The van der Waals surface area contributed by atoms with Crippen LogP contribution in [0.15, 0.2) is 40.4 Å². The fourth-order valence-electron chi connectivity index (χ4n) is 2.36. The third kappa shape index (κ3) is 4.30. The number of nitrogens with one attached hydrogen (secondary N) is 1. The molecule has 1 N–H and O–H groups in total. The summed E-state index contributed by atoms with van der Waals surface area (Å²) in [6.45, 7) is 0.605. The van der Waals surface area contributed by atoms with E-state index in [0.717, 1.165) is 15.6 Å². The predicted octanol–water partition coefficient (Wildman–Crippen LogP) is 3.89. The van der Waals surface area contributed by atoms with Gasteiger partial charge in [0, 0.05) is 16.8 Å². The summed E-state index contributed by atoms with van der Waals surface area (Å²) < 4.78 is 0. The van der Waals surface area contributed by atoms with Crippen LogP contribution in [0.3, 0.4) is 0 Å². The van der Waals surface area contributed by atoms with Crippen molar-refractivity contribution < 1.29 is 4.79 Å². The van der Waals surface area contributed by atoms with Crippen LogP contribution in [0.25, 0.3) is 9.88 Å². The molecule has 0 saturated carbocycles. The monoisotopic (exact) mass is 377 g/mol. The van der Waals surface area contributed by atoms with Gasteiger partial charge in [-0.05, 0) is 37.0 Å². The van der Waals surface area contributed by atoms with E-state index in [0.29, 0.717) is 13.0 Å². The molecule has 126 valence electrons. The van der Waals surface area contributed by atoms with Gasteiger partial charge in [-0.1, -0.05) is 12.1 Å². The standard InChI is InChI=1S/C17H19N3OS3/c1-20(2)13(14-5-3-7-22-14)10-18-16(21)9-12-11-24-17(19-12)15-6-4-8-23-15/h3-8,11,13H,9-10H2,1-2H3,(H,18,21). The Morgan fingerprint density at radius 3 is 2.67 bits per heavy atom. The highest BCUT2D eigenvalue weighted by molar-refractivity contribution is 7.20. The number of carbonyl (C=O) groups is 1. The zero-order chi connectivity index (χ0) is 16.9. The van der Waals surface area contributed by atoms with Gasteiger partial charge in [-0.15, -0.1) is 34.0 Å². The molecule has 3 heterocycles. The topological polar surface area (TPSA) is 45.2 Å². The van der Waals surface area contributed by atoms with E-state index in [1.165, 1.54) is 4.88 Å². The lowest BCUT2D eigenvalue weighted by molar-refractivity contribution is -0.120. The number of likely N-dealkylation sites (N-methyl/N-ethyl adjacent to an activating group) is 1. The Morgan fingerprint density at radius 1 is 1.21 bits per heavy atom. The maximum absolute atomic E-state index is 12.2. The SMILES string of the molecule is CN(C)C(CNC(=O)Cc1csc(-c2cccs2)n1)c1cccs1. The Balaban J connectivity index is 1.56. The number of hydrogen-bond donors (Lipinski definition) is 1. The Labute approximate surface area is 153 Å². The number of carbonyl (C=O) groups excluding carboxylic acids is 1. The maximum Gasteiger partial charge on any atom is 0.226 e.